The van der Waals surface area contributed by atoms with Gasteiger partial charge in [-0.3, -0.25) is 4.79 Å². The molecule has 2 heterocycles. The number of aryl methyl sites for hydroxylation is 1. The van der Waals surface area contributed by atoms with Crippen LogP contribution in [0.15, 0.2) is 30.5 Å². The van der Waals surface area contributed by atoms with E-state index >= 15 is 0 Å². The first-order valence-corrected chi connectivity index (χ1v) is 7.69. The van der Waals surface area contributed by atoms with Crippen LogP contribution in [-0.2, 0) is 10.9 Å². The first kappa shape index (κ1) is 18.0. The third-order valence-corrected chi connectivity index (χ3v) is 4.29. The van der Waals surface area contributed by atoms with Gasteiger partial charge in [-0.2, -0.15) is 13.2 Å². The Morgan fingerprint density at radius 2 is 1.88 bits per heavy atom. The van der Waals surface area contributed by atoms with Gasteiger partial charge in [0.2, 0.25) is 0 Å². The Morgan fingerprint density at radius 1 is 1.27 bits per heavy atom. The average Bonchev–Trinajstić information content (AvgIpc) is 2.95. The van der Waals surface area contributed by atoms with Crippen molar-refractivity contribution in [2.45, 2.75) is 19.3 Å². The molecule has 138 valence electrons. The molecule has 2 N–H and O–H groups in total. The molecule has 1 aromatic heterocycles. The number of halogens is 3. The molecule has 6 nitrogen and oxygen atoms in total. The summed E-state index contributed by atoms with van der Waals surface area (Å²) in [6, 6.07) is 4.20. The van der Waals surface area contributed by atoms with Gasteiger partial charge < -0.3 is 19.9 Å². The third-order valence-electron chi connectivity index (χ3n) is 4.29. The van der Waals surface area contributed by atoms with Crippen molar-refractivity contribution in [2.24, 2.45) is 5.73 Å². The van der Waals surface area contributed by atoms with Crippen LogP contribution in [0.5, 0.6) is 0 Å². The smallest absolute Gasteiger partial charge is 0.416 e. The zero-order chi connectivity index (χ0) is 19.2. The molecule has 1 amide bonds. The van der Waals surface area contributed by atoms with Gasteiger partial charge in [0.05, 0.1) is 30.9 Å². The molecule has 0 fully saturated rings. The second kappa shape index (κ2) is 6.17. The minimum atomic E-state index is -4.47. The van der Waals surface area contributed by atoms with Crippen LogP contribution in [-0.4, -0.2) is 30.1 Å². The fourth-order valence-electron chi connectivity index (χ4n) is 3.03. The predicted octanol–water partition coefficient (Wildman–Crippen LogP) is 2.72. The number of aromatic nitrogens is 1. The maximum atomic E-state index is 12.9. The summed E-state index contributed by atoms with van der Waals surface area (Å²) in [5.74, 6) is -1.20. The molecule has 26 heavy (non-hydrogen) atoms. The lowest BCUT2D eigenvalue weighted by Gasteiger charge is -2.33. The molecule has 2 aromatic rings. The lowest BCUT2D eigenvalue weighted by molar-refractivity contribution is -0.137. The van der Waals surface area contributed by atoms with E-state index in [4.69, 9.17) is 10.5 Å². The van der Waals surface area contributed by atoms with Gasteiger partial charge in [0.25, 0.3) is 5.91 Å². The number of esters is 1. The predicted molar refractivity (Wildman–Crippen MR) is 86.9 cm³/mol. The zero-order valence-corrected chi connectivity index (χ0v) is 14.0. The number of fused-ring (bicyclic) bond motifs is 1. The summed E-state index contributed by atoms with van der Waals surface area (Å²) in [6.45, 7) is 1.71. The standard InChI is InChI=1S/C17H16F3N3O3/c1-9-7-23-12(21)8-22(15(24)14(23)13(9)16(25)26-2)11-5-3-10(4-6-11)17(18,19)20/h3-7,12H,8,21H2,1-2H3/t12-/m1/s1. The highest BCUT2D eigenvalue weighted by atomic mass is 19.4. The molecule has 9 heteroatoms. The van der Waals surface area contributed by atoms with E-state index in [9.17, 15) is 22.8 Å². The number of alkyl halides is 3. The molecule has 0 saturated carbocycles. The number of nitrogens with zero attached hydrogens (tertiary/aromatic N) is 2. The van der Waals surface area contributed by atoms with Gasteiger partial charge in [-0.15, -0.1) is 0 Å². The molecule has 0 unspecified atom stereocenters. The van der Waals surface area contributed by atoms with E-state index in [1.165, 1.54) is 28.7 Å². The summed E-state index contributed by atoms with van der Waals surface area (Å²) in [5.41, 5.74) is 6.24. The minimum absolute atomic E-state index is 0.0614. The van der Waals surface area contributed by atoms with Gasteiger partial charge >= 0.3 is 12.1 Å². The maximum absolute atomic E-state index is 12.9. The highest BCUT2D eigenvalue weighted by Crippen LogP contribution is 2.33. The first-order valence-electron chi connectivity index (χ1n) is 7.69. The van der Waals surface area contributed by atoms with Crippen LogP contribution in [0.1, 0.15) is 38.1 Å². The SMILES string of the molecule is COC(=O)c1c(C)cn2c1C(=O)N(c1ccc(C(F)(F)F)cc1)C[C@@H]2N. The fourth-order valence-corrected chi connectivity index (χ4v) is 3.03. The van der Waals surface area contributed by atoms with Crippen molar-refractivity contribution < 1.29 is 27.5 Å². The number of methoxy groups -OCH3 is 1. The molecule has 0 bridgehead atoms. The minimum Gasteiger partial charge on any atom is -0.465 e. The number of hydrogen-bond donors (Lipinski definition) is 1. The number of benzene rings is 1. The van der Waals surface area contributed by atoms with Crippen LogP contribution >= 0.6 is 0 Å². The van der Waals surface area contributed by atoms with E-state index in [0.717, 1.165) is 12.1 Å². The number of ether oxygens (including phenoxy) is 1. The third kappa shape index (κ3) is 2.84. The molecular formula is C17H16F3N3O3. The molecular weight excluding hydrogens is 351 g/mol. The summed E-state index contributed by atoms with van der Waals surface area (Å²) in [5, 5.41) is 0. The van der Waals surface area contributed by atoms with Gasteiger partial charge in [0, 0.05) is 11.9 Å². The number of amides is 1. The summed E-state index contributed by atoms with van der Waals surface area (Å²) in [6.07, 6.45) is -3.53. The van der Waals surface area contributed by atoms with Crippen LogP contribution in [0.2, 0.25) is 0 Å². The van der Waals surface area contributed by atoms with E-state index in [-0.39, 0.29) is 23.5 Å². The van der Waals surface area contributed by atoms with Gasteiger partial charge in [0.15, 0.2) is 0 Å². The zero-order valence-electron chi connectivity index (χ0n) is 14.0. The average molecular weight is 367 g/mol. The van der Waals surface area contributed by atoms with Crippen molar-refractivity contribution in [3.63, 3.8) is 0 Å². The molecule has 3 rings (SSSR count). The quantitative estimate of drug-likeness (QED) is 0.828. The van der Waals surface area contributed by atoms with Crippen LogP contribution in [0.3, 0.4) is 0 Å². The Morgan fingerprint density at radius 3 is 2.42 bits per heavy atom. The molecule has 0 aliphatic carbocycles. The van der Waals surface area contributed by atoms with E-state index in [0.29, 0.717) is 5.56 Å². The van der Waals surface area contributed by atoms with Crippen molar-refractivity contribution in [1.29, 1.82) is 0 Å². The van der Waals surface area contributed by atoms with Crippen molar-refractivity contribution in [3.05, 3.63) is 52.8 Å². The molecule has 0 spiro atoms. The monoisotopic (exact) mass is 367 g/mol. The van der Waals surface area contributed by atoms with Crippen LogP contribution < -0.4 is 10.6 Å². The van der Waals surface area contributed by atoms with Crippen molar-refractivity contribution >= 4 is 17.6 Å². The van der Waals surface area contributed by atoms with Crippen molar-refractivity contribution in [3.8, 4) is 0 Å². The Hall–Kier alpha value is -2.81. The number of rotatable bonds is 2. The van der Waals surface area contributed by atoms with E-state index in [2.05, 4.69) is 0 Å². The van der Waals surface area contributed by atoms with Gasteiger partial charge in [-0.1, -0.05) is 0 Å². The topological polar surface area (TPSA) is 77.6 Å². The molecule has 0 saturated heterocycles. The van der Waals surface area contributed by atoms with Gasteiger partial charge in [0.1, 0.15) is 5.69 Å². The van der Waals surface area contributed by atoms with Crippen molar-refractivity contribution in [2.75, 3.05) is 18.6 Å². The lowest BCUT2D eigenvalue weighted by Crippen LogP contribution is -2.46. The molecule has 1 aromatic carbocycles. The van der Waals surface area contributed by atoms with Crippen molar-refractivity contribution in [1.82, 2.24) is 4.57 Å². The molecule has 1 atom stereocenters. The normalized spacial score (nSPS) is 17.2. The van der Waals surface area contributed by atoms with Crippen LogP contribution in [0.4, 0.5) is 18.9 Å². The van der Waals surface area contributed by atoms with Gasteiger partial charge in [-0.05, 0) is 36.8 Å². The largest absolute Gasteiger partial charge is 0.465 e. The summed E-state index contributed by atoms with van der Waals surface area (Å²) < 4.78 is 44.4. The van der Waals surface area contributed by atoms with E-state index < -0.39 is 29.8 Å². The second-order valence-corrected chi connectivity index (χ2v) is 5.96. The number of anilines is 1. The number of nitrogens with two attached hydrogens (primary N) is 1. The van der Waals surface area contributed by atoms with Crippen LogP contribution in [0, 0.1) is 6.92 Å². The number of carbonyl (C=O) groups excluding carboxylic acids is 2. The highest BCUT2D eigenvalue weighted by molar-refractivity contribution is 6.12. The lowest BCUT2D eigenvalue weighted by atomic mass is 10.1. The number of hydrogen-bond acceptors (Lipinski definition) is 4. The Balaban J connectivity index is 2.04. The maximum Gasteiger partial charge on any atom is 0.416 e. The summed E-state index contributed by atoms with van der Waals surface area (Å²) in [7, 11) is 1.20. The Labute approximate surface area is 146 Å². The molecule has 1 aliphatic heterocycles. The molecule has 0 radical (unpaired) electrons. The Bertz CT molecular complexity index is 872. The van der Waals surface area contributed by atoms with E-state index in [1.54, 1.807) is 13.1 Å². The van der Waals surface area contributed by atoms with Gasteiger partial charge in [-0.25, -0.2) is 4.79 Å². The first-order chi connectivity index (χ1) is 12.1. The highest BCUT2D eigenvalue weighted by Gasteiger charge is 2.36. The van der Waals surface area contributed by atoms with E-state index in [1.807, 2.05) is 0 Å². The molecule has 1 aliphatic rings. The van der Waals surface area contributed by atoms with Crippen LogP contribution in [0.25, 0.3) is 0 Å². The second-order valence-electron chi connectivity index (χ2n) is 5.96. The summed E-state index contributed by atoms with van der Waals surface area (Å²) >= 11 is 0. The fraction of sp³-hybridized carbons (Fsp3) is 0.294. The Kier molecular flexibility index (Phi) is 4.27. The summed E-state index contributed by atoms with van der Waals surface area (Å²) in [4.78, 5) is 26.2. The number of carbonyl (C=O) groups is 2.